The van der Waals surface area contributed by atoms with Gasteiger partial charge >= 0.3 is 0 Å². The fraction of sp³-hybridized carbons (Fsp3) is 1.00. The molecule has 250 valence electrons. The molecule has 0 atom stereocenters. The highest BCUT2D eigenvalue weighted by molar-refractivity contribution is 4.65. The van der Waals surface area contributed by atoms with Crippen LogP contribution in [0.2, 0.25) is 0 Å². The highest BCUT2D eigenvalue weighted by Crippen LogP contribution is 2.02. The molecule has 0 aromatic rings. The molecule has 10 nitrogen and oxygen atoms in total. The molecule has 0 aliphatic rings. The maximum atomic E-state index is 8.69. The Morgan fingerprint density at radius 2 is 0.950 bits per heavy atom. The molecular weight excluding hydrogens is 508 g/mol. The van der Waals surface area contributed by atoms with Gasteiger partial charge in [0.25, 0.3) is 0 Å². The summed E-state index contributed by atoms with van der Waals surface area (Å²) in [5.41, 5.74) is 5.30. The zero-order valence-electron chi connectivity index (χ0n) is 29.1. The average molecular weight is 585 g/mol. The van der Waals surface area contributed by atoms with E-state index in [1.54, 1.807) is 0 Å². The molecule has 0 heterocycles. The molecule has 0 aliphatic heterocycles. The number of rotatable bonds is 18. The Labute approximate surface area is 251 Å². The first kappa shape index (κ1) is 49.3. The fourth-order valence-electron chi connectivity index (χ4n) is 3.17. The maximum absolute atomic E-state index is 8.69. The van der Waals surface area contributed by atoms with Gasteiger partial charge in [0.2, 0.25) is 0 Å². The van der Waals surface area contributed by atoms with E-state index in [1.807, 2.05) is 33.1 Å². The zero-order valence-corrected chi connectivity index (χ0v) is 29.1. The Hall–Kier alpha value is -0.400. The van der Waals surface area contributed by atoms with E-state index < -0.39 is 0 Å². The summed E-state index contributed by atoms with van der Waals surface area (Å²) in [4.78, 5) is 10.8. The van der Waals surface area contributed by atoms with Crippen LogP contribution < -0.4 is 5.73 Å². The van der Waals surface area contributed by atoms with Crippen molar-refractivity contribution in [1.29, 1.82) is 0 Å². The van der Waals surface area contributed by atoms with Gasteiger partial charge in [-0.25, -0.2) is 0 Å². The van der Waals surface area contributed by atoms with Crippen LogP contribution >= 0.6 is 0 Å². The van der Waals surface area contributed by atoms with E-state index in [9.17, 15) is 0 Å². The smallest absolute Gasteiger partial charge is 0.0558 e. The highest BCUT2D eigenvalue weighted by atomic mass is 16.3. The number of hydrogen-bond donors (Lipinski definition) is 5. The van der Waals surface area contributed by atoms with E-state index in [1.165, 1.54) is 0 Å². The molecule has 40 heavy (non-hydrogen) atoms. The van der Waals surface area contributed by atoms with Crippen molar-refractivity contribution in [1.82, 2.24) is 24.5 Å². The molecule has 0 bridgehead atoms. The van der Waals surface area contributed by atoms with Crippen molar-refractivity contribution in [3.05, 3.63) is 0 Å². The fourth-order valence-corrected chi connectivity index (χ4v) is 3.17. The summed E-state index contributed by atoms with van der Waals surface area (Å²) < 4.78 is 0. The molecule has 0 amide bonds. The van der Waals surface area contributed by atoms with E-state index in [0.29, 0.717) is 25.3 Å². The lowest BCUT2D eigenvalue weighted by Gasteiger charge is -2.29. The van der Waals surface area contributed by atoms with Gasteiger partial charge in [0, 0.05) is 44.9 Å². The summed E-state index contributed by atoms with van der Waals surface area (Å²) in [7, 11) is 9.95. The van der Waals surface area contributed by atoms with Crippen molar-refractivity contribution in [3.8, 4) is 0 Å². The number of nitrogens with zero attached hydrogens (tertiary/aromatic N) is 5. The second-order valence-corrected chi connectivity index (χ2v) is 10.7. The van der Waals surface area contributed by atoms with Crippen LogP contribution in [0.4, 0.5) is 0 Å². The molecule has 0 saturated carbocycles. The van der Waals surface area contributed by atoms with Crippen molar-refractivity contribution < 1.29 is 20.4 Å². The second kappa shape index (κ2) is 40.7. The average Bonchev–Trinajstić information content (AvgIpc) is 2.90. The summed E-state index contributed by atoms with van der Waals surface area (Å²) >= 11 is 0. The van der Waals surface area contributed by atoms with Crippen molar-refractivity contribution in [2.24, 2.45) is 5.73 Å². The first-order chi connectivity index (χ1) is 18.8. The summed E-state index contributed by atoms with van der Waals surface area (Å²) in [5, 5.41) is 33.7. The van der Waals surface area contributed by atoms with Crippen molar-refractivity contribution in [2.45, 2.75) is 79.8 Å². The van der Waals surface area contributed by atoms with Crippen LogP contribution in [0, 0.1) is 0 Å². The lowest BCUT2D eigenvalue weighted by Crippen LogP contribution is -2.38. The van der Waals surface area contributed by atoms with Gasteiger partial charge in [-0.3, -0.25) is 4.90 Å². The number of likely N-dealkylation sites (N-methyl/N-ethyl adjacent to an activating group) is 1. The molecule has 0 saturated heterocycles. The third-order valence-corrected chi connectivity index (χ3v) is 5.81. The molecular formula is C30H76N6O4. The van der Waals surface area contributed by atoms with Crippen molar-refractivity contribution in [3.63, 3.8) is 0 Å². The Bertz CT molecular complexity index is 408. The lowest BCUT2D eigenvalue weighted by atomic mass is 10.2. The van der Waals surface area contributed by atoms with Crippen LogP contribution in [-0.4, -0.2) is 178 Å². The Morgan fingerprint density at radius 1 is 0.525 bits per heavy atom. The standard InChI is InChI=1S/C8H19NO.C7H17NO.C6H16N2.C5H13NO.C4H11NO/c1-7(2)9(5-6-10)8(3)4;1-3-8(4-2)6-5-7-9;1-3-8(2)6-4-5-7;1-6(2)4-3-5-7;1-5(2)3-4-6/h7-8,10H,5-6H2,1-4H3;9H,3-7H2,1-2H3;3-7H2,1-2H3;7H,3-5H2,1-2H3;6H,3-4H2,1-2H3. The van der Waals surface area contributed by atoms with Crippen LogP contribution in [-0.2, 0) is 0 Å². The minimum Gasteiger partial charge on any atom is -0.396 e. The molecule has 0 radical (unpaired) electrons. The van der Waals surface area contributed by atoms with Crippen LogP contribution in [0.5, 0.6) is 0 Å². The van der Waals surface area contributed by atoms with E-state index >= 15 is 0 Å². The first-order valence-corrected chi connectivity index (χ1v) is 15.4. The van der Waals surface area contributed by atoms with Gasteiger partial charge in [-0.2, -0.15) is 0 Å². The molecule has 0 fully saturated rings. The Balaban J connectivity index is -0.000000129. The largest absolute Gasteiger partial charge is 0.396 e. The normalized spacial score (nSPS) is 10.8. The van der Waals surface area contributed by atoms with Crippen LogP contribution in [0.3, 0.4) is 0 Å². The van der Waals surface area contributed by atoms with Gasteiger partial charge < -0.3 is 45.8 Å². The molecule has 0 rings (SSSR count). The predicted octanol–water partition coefficient (Wildman–Crippen LogP) is 1.57. The minimum atomic E-state index is 0.257. The first-order valence-electron chi connectivity index (χ1n) is 15.4. The highest BCUT2D eigenvalue weighted by Gasteiger charge is 2.11. The lowest BCUT2D eigenvalue weighted by molar-refractivity contribution is 0.134. The topological polar surface area (TPSA) is 123 Å². The monoisotopic (exact) mass is 585 g/mol. The van der Waals surface area contributed by atoms with Gasteiger partial charge in [-0.1, -0.05) is 20.8 Å². The van der Waals surface area contributed by atoms with Crippen LogP contribution in [0.25, 0.3) is 0 Å². The van der Waals surface area contributed by atoms with Gasteiger partial charge in [0.15, 0.2) is 0 Å². The molecule has 0 spiro atoms. The predicted molar refractivity (Wildman–Crippen MR) is 176 cm³/mol. The van der Waals surface area contributed by atoms with E-state index in [2.05, 4.69) is 75.1 Å². The second-order valence-electron chi connectivity index (χ2n) is 10.7. The Kier molecular flexibility index (Phi) is 50.2. The van der Waals surface area contributed by atoms with Crippen LogP contribution in [0.1, 0.15) is 67.7 Å². The molecule has 0 aromatic carbocycles. The third-order valence-electron chi connectivity index (χ3n) is 5.81. The summed E-state index contributed by atoms with van der Waals surface area (Å²) in [5.74, 6) is 0. The summed E-state index contributed by atoms with van der Waals surface area (Å²) in [6, 6.07) is 1.07. The van der Waals surface area contributed by atoms with Crippen molar-refractivity contribution in [2.75, 3.05) is 121 Å². The number of hydrogen-bond acceptors (Lipinski definition) is 10. The molecule has 6 N–H and O–H groups in total. The number of aliphatic hydroxyl groups excluding tert-OH is 4. The molecule has 0 aromatic heterocycles. The van der Waals surface area contributed by atoms with Crippen LogP contribution in [0.15, 0.2) is 0 Å². The number of nitrogens with two attached hydrogens (primary N) is 1. The third kappa shape index (κ3) is 50.4. The molecule has 10 heteroatoms. The SMILES string of the molecule is CC(C)N(CCO)C(C)C.CCN(C)CCCN.CCN(CC)CCCO.CN(C)CCCO.CN(C)CCO. The van der Waals surface area contributed by atoms with Crippen molar-refractivity contribution >= 4 is 0 Å². The van der Waals surface area contributed by atoms with E-state index in [4.69, 9.17) is 26.2 Å². The maximum Gasteiger partial charge on any atom is 0.0558 e. The number of aliphatic hydroxyl groups is 4. The van der Waals surface area contributed by atoms with E-state index in [-0.39, 0.29) is 13.2 Å². The van der Waals surface area contributed by atoms with Gasteiger partial charge in [0.1, 0.15) is 0 Å². The van der Waals surface area contributed by atoms with Gasteiger partial charge in [0.05, 0.1) is 13.2 Å². The van der Waals surface area contributed by atoms with Gasteiger partial charge in [-0.05, 0) is 121 Å². The quantitative estimate of drug-likeness (QED) is 0.162. The van der Waals surface area contributed by atoms with Gasteiger partial charge in [-0.15, -0.1) is 0 Å². The van der Waals surface area contributed by atoms with E-state index in [0.717, 1.165) is 78.2 Å². The summed E-state index contributed by atoms with van der Waals surface area (Å²) in [6.45, 7) is 25.0. The Morgan fingerprint density at radius 3 is 1.15 bits per heavy atom. The summed E-state index contributed by atoms with van der Waals surface area (Å²) in [6.07, 6.45) is 2.90. The molecule has 0 aliphatic carbocycles. The minimum absolute atomic E-state index is 0.257. The zero-order chi connectivity index (χ0) is 32.4. The molecule has 0 unspecified atom stereocenters.